The highest BCUT2D eigenvalue weighted by molar-refractivity contribution is 9.10. The molecule has 3 N–H and O–H groups in total. The van der Waals surface area contributed by atoms with Gasteiger partial charge < -0.3 is 4.90 Å². The second-order valence-corrected chi connectivity index (χ2v) is 6.00. The Kier molecular flexibility index (Phi) is 4.99. The molecule has 2 aromatic rings. The van der Waals surface area contributed by atoms with E-state index < -0.39 is 0 Å². The molecule has 0 saturated carbocycles. The van der Waals surface area contributed by atoms with Gasteiger partial charge in [0, 0.05) is 6.54 Å². The quantitative estimate of drug-likeness (QED) is 0.589. The second-order valence-electron chi connectivity index (χ2n) is 4.32. The number of nitrogens with zero attached hydrogens (tertiary/aromatic N) is 5. The molecule has 19 heavy (non-hydrogen) atoms. The predicted molar refractivity (Wildman–Crippen MR) is 77.6 cm³/mol. The highest BCUT2D eigenvalue weighted by Crippen LogP contribution is 2.29. The molecule has 7 nitrogen and oxygen atoms in total. The van der Waals surface area contributed by atoms with Crippen LogP contribution in [0.15, 0.2) is 16.9 Å². The number of hydrazine groups is 1. The van der Waals surface area contributed by atoms with Crippen LogP contribution in [0.25, 0.3) is 0 Å². The van der Waals surface area contributed by atoms with Crippen molar-refractivity contribution in [2.45, 2.75) is 12.6 Å². The van der Waals surface area contributed by atoms with E-state index in [0.29, 0.717) is 0 Å². The van der Waals surface area contributed by atoms with Crippen molar-refractivity contribution >= 4 is 27.5 Å². The van der Waals surface area contributed by atoms with Gasteiger partial charge in [0.15, 0.2) is 0 Å². The molecule has 0 aliphatic carbocycles. The predicted octanol–water partition coefficient (Wildman–Crippen LogP) is 0.611. The summed E-state index contributed by atoms with van der Waals surface area (Å²) < 4.78 is 6.74. The van der Waals surface area contributed by atoms with E-state index in [9.17, 15) is 0 Å². The lowest BCUT2D eigenvalue weighted by atomic mass is 10.2. The molecular formula is C10H16BrN7S. The van der Waals surface area contributed by atoms with E-state index in [0.717, 1.165) is 28.1 Å². The molecule has 0 spiro atoms. The topological polar surface area (TPSA) is 84.9 Å². The smallest absolute Gasteiger partial charge is 0.101 e. The third-order valence-corrected chi connectivity index (χ3v) is 4.03. The zero-order valence-corrected chi connectivity index (χ0v) is 13.1. The summed E-state index contributed by atoms with van der Waals surface area (Å²) in [6.45, 7) is 1.69. The van der Waals surface area contributed by atoms with Gasteiger partial charge in [0.05, 0.1) is 34.0 Å². The van der Waals surface area contributed by atoms with Crippen molar-refractivity contribution in [1.82, 2.24) is 29.7 Å². The zero-order valence-electron chi connectivity index (χ0n) is 10.7. The minimum atomic E-state index is -0.168. The lowest BCUT2D eigenvalue weighted by Crippen LogP contribution is -2.31. The van der Waals surface area contributed by atoms with Crippen LogP contribution < -0.4 is 11.3 Å². The molecule has 0 fully saturated rings. The van der Waals surface area contributed by atoms with E-state index in [1.807, 2.05) is 18.8 Å². The van der Waals surface area contributed by atoms with E-state index >= 15 is 0 Å². The van der Waals surface area contributed by atoms with E-state index in [4.69, 9.17) is 5.84 Å². The molecule has 0 amide bonds. The average Bonchev–Trinajstić information content (AvgIpc) is 3.00. The maximum absolute atomic E-state index is 5.68. The summed E-state index contributed by atoms with van der Waals surface area (Å²) in [5.41, 5.74) is 3.78. The molecule has 1 atom stereocenters. The maximum atomic E-state index is 5.68. The number of likely N-dealkylation sites (N-methyl/N-ethyl adjacent to an activating group) is 1. The Bertz CT molecular complexity index is 510. The Labute approximate surface area is 124 Å². The molecule has 0 aromatic carbocycles. The van der Waals surface area contributed by atoms with Crippen LogP contribution in [0.3, 0.4) is 0 Å². The third kappa shape index (κ3) is 3.37. The Balaban J connectivity index is 2.29. The van der Waals surface area contributed by atoms with Crippen molar-refractivity contribution in [3.8, 4) is 0 Å². The highest BCUT2D eigenvalue weighted by Gasteiger charge is 2.22. The fraction of sp³-hybridized carbons (Fsp3) is 0.500. The fourth-order valence-electron chi connectivity index (χ4n) is 1.73. The van der Waals surface area contributed by atoms with Gasteiger partial charge in [-0.05, 0) is 41.6 Å². The summed E-state index contributed by atoms with van der Waals surface area (Å²) in [5, 5.41) is 8.23. The molecule has 2 aromatic heterocycles. The molecule has 0 bridgehead atoms. The molecule has 0 aliphatic rings. The first-order valence-corrected chi connectivity index (χ1v) is 7.29. The van der Waals surface area contributed by atoms with Crippen LogP contribution in [0.5, 0.6) is 0 Å². The molecule has 1 unspecified atom stereocenters. The monoisotopic (exact) mass is 345 g/mol. The van der Waals surface area contributed by atoms with Crippen molar-refractivity contribution in [3.05, 3.63) is 27.4 Å². The van der Waals surface area contributed by atoms with Gasteiger partial charge in [-0.15, -0.1) is 5.10 Å². The van der Waals surface area contributed by atoms with Crippen molar-refractivity contribution in [1.29, 1.82) is 0 Å². The third-order valence-electron chi connectivity index (χ3n) is 2.70. The van der Waals surface area contributed by atoms with Crippen LogP contribution in [0.1, 0.15) is 16.6 Å². The van der Waals surface area contributed by atoms with Gasteiger partial charge in [-0.2, -0.15) is 5.10 Å². The Morgan fingerprint density at radius 2 is 2.32 bits per heavy atom. The maximum Gasteiger partial charge on any atom is 0.101 e. The summed E-state index contributed by atoms with van der Waals surface area (Å²) in [5.74, 6) is 5.68. The summed E-state index contributed by atoms with van der Waals surface area (Å²) in [7, 11) is 4.06. The van der Waals surface area contributed by atoms with Gasteiger partial charge in [0.2, 0.25) is 0 Å². The van der Waals surface area contributed by atoms with Crippen molar-refractivity contribution < 1.29 is 0 Å². The first-order chi connectivity index (χ1) is 9.13. The molecule has 104 valence electrons. The highest BCUT2D eigenvalue weighted by atomic mass is 79.9. The van der Waals surface area contributed by atoms with Gasteiger partial charge in [-0.3, -0.25) is 10.5 Å². The first-order valence-electron chi connectivity index (χ1n) is 5.72. The van der Waals surface area contributed by atoms with E-state index in [1.165, 1.54) is 11.5 Å². The molecule has 9 heteroatoms. The van der Waals surface area contributed by atoms with Gasteiger partial charge in [-0.1, -0.05) is 4.49 Å². The van der Waals surface area contributed by atoms with Gasteiger partial charge >= 0.3 is 0 Å². The minimum absolute atomic E-state index is 0.168. The normalized spacial score (nSPS) is 13.1. The van der Waals surface area contributed by atoms with Gasteiger partial charge in [-0.25, -0.2) is 5.43 Å². The van der Waals surface area contributed by atoms with Crippen molar-refractivity contribution in [2.24, 2.45) is 5.84 Å². The van der Waals surface area contributed by atoms with Crippen molar-refractivity contribution in [3.63, 3.8) is 0 Å². The number of hydrogen-bond acceptors (Lipinski definition) is 7. The van der Waals surface area contributed by atoms with Crippen LogP contribution in [0.4, 0.5) is 0 Å². The Hall–Kier alpha value is -0.870. The van der Waals surface area contributed by atoms with Crippen LogP contribution in [0.2, 0.25) is 0 Å². The van der Waals surface area contributed by atoms with Crippen molar-refractivity contribution in [2.75, 3.05) is 20.6 Å². The Morgan fingerprint density at radius 3 is 2.89 bits per heavy atom. The largest absolute Gasteiger partial charge is 0.308 e. The van der Waals surface area contributed by atoms with Gasteiger partial charge in [0.25, 0.3) is 0 Å². The first kappa shape index (κ1) is 14.5. The van der Waals surface area contributed by atoms with Crippen LogP contribution in [0, 0.1) is 0 Å². The molecular weight excluding hydrogens is 330 g/mol. The molecule has 0 saturated heterocycles. The molecule has 2 rings (SSSR count). The van der Waals surface area contributed by atoms with E-state index in [-0.39, 0.29) is 6.04 Å². The Morgan fingerprint density at radius 1 is 1.53 bits per heavy atom. The molecule has 2 heterocycles. The molecule has 0 radical (unpaired) electrons. The number of halogens is 1. The number of rotatable bonds is 6. The molecule has 0 aliphatic heterocycles. The average molecular weight is 346 g/mol. The number of nitrogens with two attached hydrogens (primary N) is 1. The lowest BCUT2D eigenvalue weighted by Gasteiger charge is -2.18. The summed E-state index contributed by atoms with van der Waals surface area (Å²) in [6.07, 6.45) is 3.49. The fourth-order valence-corrected chi connectivity index (χ4v) is 2.82. The number of hydrogen-bond donors (Lipinski definition) is 2. The van der Waals surface area contributed by atoms with Crippen LogP contribution in [-0.4, -0.2) is 44.9 Å². The van der Waals surface area contributed by atoms with Crippen LogP contribution >= 0.6 is 27.5 Å². The summed E-state index contributed by atoms with van der Waals surface area (Å²) in [6, 6.07) is -0.168. The standard InChI is InChI=1S/C10H16BrN7S/c1-17(2)3-4-18-10(7(11)5-14-18)9(15-12)8-6-13-16-19-8/h5-6,9,15H,3-4,12H2,1-2H3. The second kappa shape index (κ2) is 6.53. The van der Waals surface area contributed by atoms with E-state index in [2.05, 4.69) is 40.9 Å². The number of nitrogens with one attached hydrogen (secondary N) is 1. The summed E-state index contributed by atoms with van der Waals surface area (Å²) >= 11 is 4.84. The SMILES string of the molecule is CN(C)CCn1ncc(Br)c1C(NN)c1cnns1. The zero-order chi connectivity index (χ0) is 13.8. The van der Waals surface area contributed by atoms with Crippen LogP contribution in [-0.2, 0) is 6.54 Å². The number of aromatic nitrogens is 4. The lowest BCUT2D eigenvalue weighted by molar-refractivity contribution is 0.365. The minimum Gasteiger partial charge on any atom is -0.308 e. The van der Waals surface area contributed by atoms with Gasteiger partial charge in [0.1, 0.15) is 6.04 Å². The summed E-state index contributed by atoms with van der Waals surface area (Å²) in [4.78, 5) is 3.06. The van der Waals surface area contributed by atoms with E-state index in [1.54, 1.807) is 12.4 Å².